The molecule has 0 aliphatic heterocycles. The van der Waals surface area contributed by atoms with Crippen molar-refractivity contribution in [2.75, 3.05) is 13.2 Å². The maximum atomic E-state index is 13.7. The molecule has 0 saturated carbocycles. The molecule has 0 saturated heterocycles. The van der Waals surface area contributed by atoms with Crippen molar-refractivity contribution in [1.29, 1.82) is 0 Å². The summed E-state index contributed by atoms with van der Waals surface area (Å²) in [6, 6.07) is 13.8. The Morgan fingerprint density at radius 1 is 1.05 bits per heavy atom. The third kappa shape index (κ3) is 3.96. The van der Waals surface area contributed by atoms with E-state index >= 15 is 0 Å². The van der Waals surface area contributed by atoms with Crippen LogP contribution < -0.4 is 9.47 Å². The van der Waals surface area contributed by atoms with Crippen molar-refractivity contribution >= 4 is 0 Å². The SMILES string of the molecule is CC(O)c1ccc(OCCOc2ccccc2)c(F)c1. The molecule has 2 aromatic carbocycles. The van der Waals surface area contributed by atoms with E-state index in [1.807, 2.05) is 30.3 Å². The van der Waals surface area contributed by atoms with Crippen LogP contribution in [0.1, 0.15) is 18.6 Å². The highest BCUT2D eigenvalue weighted by Gasteiger charge is 2.07. The normalized spacial score (nSPS) is 11.9. The van der Waals surface area contributed by atoms with Crippen LogP contribution in [0.25, 0.3) is 0 Å². The van der Waals surface area contributed by atoms with Crippen molar-refractivity contribution in [2.45, 2.75) is 13.0 Å². The summed E-state index contributed by atoms with van der Waals surface area (Å²) >= 11 is 0. The van der Waals surface area contributed by atoms with Crippen LogP contribution in [0.2, 0.25) is 0 Å². The van der Waals surface area contributed by atoms with E-state index in [0.29, 0.717) is 12.2 Å². The standard InChI is InChI=1S/C16H17FO3/c1-12(18)13-7-8-16(15(17)11-13)20-10-9-19-14-5-3-2-4-6-14/h2-8,11-12,18H,9-10H2,1H3. The van der Waals surface area contributed by atoms with Gasteiger partial charge in [-0.1, -0.05) is 24.3 Å². The molecular formula is C16H17FO3. The fourth-order valence-electron chi connectivity index (χ4n) is 1.72. The number of hydrogen-bond donors (Lipinski definition) is 1. The summed E-state index contributed by atoms with van der Waals surface area (Å²) in [5.74, 6) is 0.426. The molecule has 0 spiro atoms. The molecule has 1 atom stereocenters. The van der Waals surface area contributed by atoms with Crippen molar-refractivity contribution in [1.82, 2.24) is 0 Å². The number of benzene rings is 2. The highest BCUT2D eigenvalue weighted by Crippen LogP contribution is 2.21. The largest absolute Gasteiger partial charge is 0.490 e. The molecule has 1 unspecified atom stereocenters. The Labute approximate surface area is 117 Å². The second kappa shape index (κ2) is 6.91. The molecule has 0 aliphatic rings. The van der Waals surface area contributed by atoms with Crippen molar-refractivity contribution in [3.8, 4) is 11.5 Å². The van der Waals surface area contributed by atoms with Crippen LogP contribution in [-0.4, -0.2) is 18.3 Å². The number of halogens is 1. The Hall–Kier alpha value is -2.07. The van der Waals surface area contributed by atoms with Gasteiger partial charge in [0.2, 0.25) is 0 Å². The van der Waals surface area contributed by atoms with Gasteiger partial charge >= 0.3 is 0 Å². The highest BCUT2D eigenvalue weighted by atomic mass is 19.1. The van der Waals surface area contributed by atoms with Gasteiger partial charge in [-0.3, -0.25) is 0 Å². The smallest absolute Gasteiger partial charge is 0.165 e. The molecule has 4 heteroatoms. The molecule has 20 heavy (non-hydrogen) atoms. The number of aliphatic hydroxyl groups is 1. The van der Waals surface area contributed by atoms with Crippen LogP contribution >= 0.6 is 0 Å². The molecule has 0 bridgehead atoms. The lowest BCUT2D eigenvalue weighted by Gasteiger charge is -2.10. The average molecular weight is 276 g/mol. The van der Waals surface area contributed by atoms with E-state index in [4.69, 9.17) is 9.47 Å². The van der Waals surface area contributed by atoms with Gasteiger partial charge in [-0.2, -0.15) is 0 Å². The van der Waals surface area contributed by atoms with Crippen LogP contribution in [-0.2, 0) is 0 Å². The summed E-state index contributed by atoms with van der Waals surface area (Å²) in [6.45, 7) is 2.17. The number of para-hydroxylation sites is 1. The first kappa shape index (κ1) is 14.3. The highest BCUT2D eigenvalue weighted by molar-refractivity contribution is 5.30. The summed E-state index contributed by atoms with van der Waals surface area (Å²) in [7, 11) is 0. The topological polar surface area (TPSA) is 38.7 Å². The quantitative estimate of drug-likeness (QED) is 0.822. The van der Waals surface area contributed by atoms with Gasteiger partial charge in [-0.15, -0.1) is 0 Å². The molecule has 0 aliphatic carbocycles. The van der Waals surface area contributed by atoms with Crippen molar-refractivity contribution in [2.24, 2.45) is 0 Å². The summed E-state index contributed by atoms with van der Waals surface area (Å²) in [6.07, 6.45) is -0.694. The number of hydrogen-bond acceptors (Lipinski definition) is 3. The first-order valence-corrected chi connectivity index (χ1v) is 6.45. The lowest BCUT2D eigenvalue weighted by molar-refractivity contribution is 0.197. The summed E-state index contributed by atoms with van der Waals surface area (Å²) in [5, 5.41) is 9.35. The van der Waals surface area contributed by atoms with E-state index in [1.165, 1.54) is 12.1 Å². The Morgan fingerprint density at radius 3 is 2.40 bits per heavy atom. The van der Waals surface area contributed by atoms with Crippen LogP contribution in [0.4, 0.5) is 4.39 Å². The minimum atomic E-state index is -0.694. The molecule has 0 aromatic heterocycles. The number of ether oxygens (including phenoxy) is 2. The van der Waals surface area contributed by atoms with E-state index in [9.17, 15) is 9.50 Å². The first-order valence-electron chi connectivity index (χ1n) is 6.45. The van der Waals surface area contributed by atoms with E-state index in [-0.39, 0.29) is 12.4 Å². The Kier molecular flexibility index (Phi) is 4.96. The maximum Gasteiger partial charge on any atom is 0.165 e. The molecule has 106 valence electrons. The molecule has 0 amide bonds. The molecule has 1 N–H and O–H groups in total. The van der Waals surface area contributed by atoms with Crippen molar-refractivity contribution in [3.63, 3.8) is 0 Å². The third-order valence-electron chi connectivity index (χ3n) is 2.79. The predicted molar refractivity (Wildman–Crippen MR) is 74.5 cm³/mol. The molecule has 0 fully saturated rings. The summed E-state index contributed by atoms with van der Waals surface area (Å²) < 4.78 is 24.4. The van der Waals surface area contributed by atoms with Gasteiger partial charge in [0.25, 0.3) is 0 Å². The van der Waals surface area contributed by atoms with Gasteiger partial charge in [-0.25, -0.2) is 4.39 Å². The monoisotopic (exact) mass is 276 g/mol. The zero-order valence-electron chi connectivity index (χ0n) is 11.3. The zero-order chi connectivity index (χ0) is 14.4. The molecule has 3 nitrogen and oxygen atoms in total. The molecule has 2 rings (SSSR count). The molecule has 2 aromatic rings. The van der Waals surface area contributed by atoms with E-state index in [1.54, 1.807) is 13.0 Å². The second-order valence-electron chi connectivity index (χ2n) is 4.38. The average Bonchev–Trinajstić information content (AvgIpc) is 2.46. The third-order valence-corrected chi connectivity index (χ3v) is 2.79. The minimum absolute atomic E-state index is 0.158. The van der Waals surface area contributed by atoms with Gasteiger partial charge in [0.05, 0.1) is 6.10 Å². The van der Waals surface area contributed by atoms with Gasteiger partial charge in [0.1, 0.15) is 19.0 Å². The van der Waals surface area contributed by atoms with Gasteiger partial charge in [0, 0.05) is 0 Å². The number of rotatable bonds is 6. The fourth-order valence-corrected chi connectivity index (χ4v) is 1.72. The fraction of sp³-hybridized carbons (Fsp3) is 0.250. The predicted octanol–water partition coefficient (Wildman–Crippen LogP) is 3.34. The van der Waals surface area contributed by atoms with E-state index in [0.717, 1.165) is 5.75 Å². The first-order chi connectivity index (χ1) is 9.66. The van der Waals surface area contributed by atoms with Crippen LogP contribution in [0, 0.1) is 5.82 Å². The summed E-state index contributed by atoms with van der Waals surface area (Å²) in [4.78, 5) is 0. The Bertz CT molecular complexity index is 541. The van der Waals surface area contributed by atoms with Crippen LogP contribution in [0.5, 0.6) is 11.5 Å². The molecule has 0 heterocycles. The van der Waals surface area contributed by atoms with E-state index in [2.05, 4.69) is 0 Å². The summed E-state index contributed by atoms with van der Waals surface area (Å²) in [5.41, 5.74) is 0.524. The second-order valence-corrected chi connectivity index (χ2v) is 4.38. The maximum absolute atomic E-state index is 13.7. The Balaban J connectivity index is 1.82. The van der Waals surface area contributed by atoms with Crippen molar-refractivity contribution < 1.29 is 19.0 Å². The molecular weight excluding hydrogens is 259 g/mol. The number of aliphatic hydroxyl groups excluding tert-OH is 1. The van der Waals surface area contributed by atoms with E-state index < -0.39 is 11.9 Å². The van der Waals surface area contributed by atoms with Crippen LogP contribution in [0.15, 0.2) is 48.5 Å². The Morgan fingerprint density at radius 2 is 1.75 bits per heavy atom. The minimum Gasteiger partial charge on any atom is -0.490 e. The van der Waals surface area contributed by atoms with Crippen molar-refractivity contribution in [3.05, 3.63) is 59.9 Å². The van der Waals surface area contributed by atoms with Crippen LogP contribution in [0.3, 0.4) is 0 Å². The lowest BCUT2D eigenvalue weighted by Crippen LogP contribution is -2.09. The molecule has 0 radical (unpaired) electrons. The lowest BCUT2D eigenvalue weighted by atomic mass is 10.1. The zero-order valence-corrected chi connectivity index (χ0v) is 11.3. The van der Waals surface area contributed by atoms with Gasteiger partial charge in [-0.05, 0) is 36.8 Å². The van der Waals surface area contributed by atoms with Gasteiger partial charge in [0.15, 0.2) is 11.6 Å². The van der Waals surface area contributed by atoms with Gasteiger partial charge < -0.3 is 14.6 Å².